The molecule has 0 aliphatic heterocycles. The lowest BCUT2D eigenvalue weighted by atomic mass is 10.0. The first kappa shape index (κ1) is 36.2. The maximum absolute atomic E-state index is 13.7. The minimum Gasteiger partial charge on any atom is -0.492 e. The van der Waals surface area contributed by atoms with Crippen molar-refractivity contribution in [2.75, 3.05) is 26.3 Å². The summed E-state index contributed by atoms with van der Waals surface area (Å²) in [6, 6.07) is 10.3. The number of hydrogen-bond donors (Lipinski definition) is 1. The second kappa shape index (κ2) is 15.7. The first-order chi connectivity index (χ1) is 20.0. The lowest BCUT2D eigenvalue weighted by Crippen LogP contribution is -2.51. The Morgan fingerprint density at radius 1 is 0.953 bits per heavy atom. The maximum atomic E-state index is 13.7. The van der Waals surface area contributed by atoms with E-state index >= 15 is 0 Å². The number of carboxylic acids is 1. The third-order valence-corrected chi connectivity index (χ3v) is 6.48. The van der Waals surface area contributed by atoms with E-state index in [0.717, 1.165) is 4.90 Å². The Morgan fingerprint density at radius 2 is 1.60 bits per heavy atom. The molecule has 1 amide bonds. The van der Waals surface area contributed by atoms with Crippen molar-refractivity contribution < 1.29 is 59.6 Å². The van der Waals surface area contributed by atoms with Gasteiger partial charge in [0.05, 0.1) is 11.6 Å². The molecule has 2 aromatic rings. The number of aliphatic carboxylic acids is 1. The van der Waals surface area contributed by atoms with E-state index in [0.29, 0.717) is 11.3 Å². The fourth-order valence-electron chi connectivity index (χ4n) is 3.65. The fraction of sp³-hybridized carbons (Fsp3) is 0.481. The van der Waals surface area contributed by atoms with Gasteiger partial charge in [0.2, 0.25) is 0 Å². The fourth-order valence-corrected chi connectivity index (χ4v) is 4.10. The molecule has 0 bridgehead atoms. The van der Waals surface area contributed by atoms with Crippen molar-refractivity contribution in [3.8, 4) is 11.5 Å². The smallest absolute Gasteiger partial charge is 0.459 e. The summed E-state index contributed by atoms with van der Waals surface area (Å²) in [5.74, 6) is -12.5. The number of amides is 1. The van der Waals surface area contributed by atoms with Gasteiger partial charge in [-0.1, -0.05) is 35.3 Å². The molecule has 0 fully saturated rings. The first-order valence-electron chi connectivity index (χ1n) is 12.8. The van der Waals surface area contributed by atoms with Gasteiger partial charge < -0.3 is 24.2 Å². The van der Waals surface area contributed by atoms with Gasteiger partial charge in [-0.3, -0.25) is 0 Å². The van der Waals surface area contributed by atoms with E-state index in [9.17, 15) is 45.4 Å². The normalized spacial score (nSPS) is 13.0. The number of benzene rings is 2. The van der Waals surface area contributed by atoms with Gasteiger partial charge in [-0.15, -0.1) is 0 Å². The highest BCUT2D eigenvalue weighted by Crippen LogP contribution is 2.48. The van der Waals surface area contributed by atoms with Crippen molar-refractivity contribution in [1.82, 2.24) is 4.90 Å². The van der Waals surface area contributed by atoms with Gasteiger partial charge in [0.25, 0.3) is 0 Å². The van der Waals surface area contributed by atoms with Crippen LogP contribution in [-0.4, -0.2) is 72.5 Å². The van der Waals surface area contributed by atoms with Gasteiger partial charge in [-0.05, 0) is 55.7 Å². The summed E-state index contributed by atoms with van der Waals surface area (Å²) < 4.78 is 107. The van der Waals surface area contributed by atoms with Crippen molar-refractivity contribution >= 4 is 35.3 Å². The SMILES string of the molecule is CCOC(Cc1ccc(OCCN(CCCCC(F)(F)C(F)(F)C(F)(F)F)C(=O)Oc2ccc(Cl)cc2Cl)cc1)C(=O)O. The number of rotatable bonds is 16. The second-order valence-electron chi connectivity index (χ2n) is 9.14. The Morgan fingerprint density at radius 3 is 2.16 bits per heavy atom. The lowest BCUT2D eigenvalue weighted by Gasteiger charge is -2.28. The number of alkyl halides is 7. The van der Waals surface area contributed by atoms with Crippen LogP contribution in [0.15, 0.2) is 42.5 Å². The molecule has 0 radical (unpaired) electrons. The van der Waals surface area contributed by atoms with Crippen molar-refractivity contribution in [3.63, 3.8) is 0 Å². The molecule has 0 aliphatic carbocycles. The molecule has 0 heterocycles. The molecule has 7 nitrogen and oxygen atoms in total. The van der Waals surface area contributed by atoms with Gasteiger partial charge in [0.1, 0.15) is 12.4 Å². The number of carboxylic acid groups (broad SMARTS) is 1. The summed E-state index contributed by atoms with van der Waals surface area (Å²) in [7, 11) is 0. The predicted molar refractivity (Wildman–Crippen MR) is 143 cm³/mol. The maximum Gasteiger partial charge on any atom is 0.459 e. The number of unbranched alkanes of at least 4 members (excludes halogenated alkanes) is 1. The number of nitrogens with zero attached hydrogens (tertiary/aromatic N) is 1. The molecule has 1 N–H and O–H groups in total. The Balaban J connectivity index is 2.03. The molecular weight excluding hydrogens is 638 g/mol. The average molecular weight is 666 g/mol. The molecule has 1 unspecified atom stereocenters. The zero-order valence-corrected chi connectivity index (χ0v) is 24.1. The zero-order valence-electron chi connectivity index (χ0n) is 22.6. The molecule has 1 atom stereocenters. The van der Waals surface area contributed by atoms with Crippen molar-refractivity contribution in [3.05, 3.63) is 58.1 Å². The van der Waals surface area contributed by atoms with Crippen LogP contribution in [0.3, 0.4) is 0 Å². The number of hydrogen-bond acceptors (Lipinski definition) is 5. The minimum atomic E-state index is -6.43. The van der Waals surface area contributed by atoms with Crippen molar-refractivity contribution in [2.45, 2.75) is 56.7 Å². The van der Waals surface area contributed by atoms with Crippen LogP contribution < -0.4 is 9.47 Å². The van der Waals surface area contributed by atoms with Crippen molar-refractivity contribution in [1.29, 1.82) is 0 Å². The molecule has 0 saturated heterocycles. The highest BCUT2D eigenvalue weighted by Gasteiger charge is 2.72. The van der Waals surface area contributed by atoms with Crippen LogP contribution in [0, 0.1) is 0 Å². The monoisotopic (exact) mass is 665 g/mol. The summed E-state index contributed by atoms with van der Waals surface area (Å²) in [5, 5.41) is 9.43. The van der Waals surface area contributed by atoms with E-state index < -0.39 is 49.0 Å². The van der Waals surface area contributed by atoms with Gasteiger partial charge in [-0.2, -0.15) is 30.7 Å². The van der Waals surface area contributed by atoms with E-state index in [1.165, 1.54) is 18.2 Å². The van der Waals surface area contributed by atoms with E-state index in [1.54, 1.807) is 31.2 Å². The Kier molecular flexibility index (Phi) is 13.2. The molecule has 0 aromatic heterocycles. The predicted octanol–water partition coefficient (Wildman–Crippen LogP) is 7.91. The Labute approximate surface area is 252 Å². The van der Waals surface area contributed by atoms with Crippen LogP contribution >= 0.6 is 23.2 Å². The number of ether oxygens (including phenoxy) is 3. The molecular formula is C27H28Cl2F7NO6. The van der Waals surface area contributed by atoms with E-state index in [2.05, 4.69) is 0 Å². The minimum absolute atomic E-state index is 0.0272. The number of carbonyl (C=O) groups is 2. The van der Waals surface area contributed by atoms with Crippen LogP contribution in [0.4, 0.5) is 35.5 Å². The average Bonchev–Trinajstić information content (AvgIpc) is 2.91. The largest absolute Gasteiger partial charge is 0.492 e. The number of halogens is 9. The van der Waals surface area contributed by atoms with Crippen LogP contribution in [0.1, 0.15) is 31.7 Å². The van der Waals surface area contributed by atoms with Gasteiger partial charge in [0, 0.05) is 31.0 Å². The molecule has 0 spiro atoms. The molecule has 2 rings (SSSR count). The quantitative estimate of drug-likeness (QED) is 0.145. The second-order valence-corrected chi connectivity index (χ2v) is 9.99. The summed E-state index contributed by atoms with van der Waals surface area (Å²) in [5.41, 5.74) is 0.645. The Hall–Kier alpha value is -2.97. The molecule has 0 aliphatic rings. The highest BCUT2D eigenvalue weighted by atomic mass is 35.5. The standard InChI is InChI=1S/C27H28Cl2F7NO6/c1-2-41-22(23(38)39)15-17-5-8-19(9-6-17)42-14-13-37(24(40)43-21-10-7-18(28)16-20(21)29)12-4-3-11-25(30,31)26(32,33)27(34,35)36/h5-10,16,22H,2-4,11-15H2,1H3,(H,38,39). The summed E-state index contributed by atoms with van der Waals surface area (Å²) in [6.07, 6.45) is -11.3. The Bertz CT molecular complexity index is 1220. The highest BCUT2D eigenvalue weighted by molar-refractivity contribution is 6.35. The summed E-state index contributed by atoms with van der Waals surface area (Å²) in [6.45, 7) is 1.16. The van der Waals surface area contributed by atoms with Crippen molar-refractivity contribution in [2.24, 2.45) is 0 Å². The lowest BCUT2D eigenvalue weighted by molar-refractivity contribution is -0.355. The van der Waals surface area contributed by atoms with Crippen LogP contribution in [0.5, 0.6) is 11.5 Å². The topological polar surface area (TPSA) is 85.3 Å². The number of carbonyl (C=O) groups excluding carboxylic acids is 1. The third-order valence-electron chi connectivity index (χ3n) is 5.95. The van der Waals surface area contributed by atoms with Crippen LogP contribution in [0.25, 0.3) is 0 Å². The van der Waals surface area contributed by atoms with Gasteiger partial charge in [-0.25, -0.2) is 9.59 Å². The molecule has 43 heavy (non-hydrogen) atoms. The third kappa shape index (κ3) is 10.6. The molecule has 240 valence electrons. The summed E-state index contributed by atoms with van der Waals surface area (Å²) in [4.78, 5) is 25.1. The van der Waals surface area contributed by atoms with Gasteiger partial charge >= 0.3 is 30.1 Å². The zero-order chi connectivity index (χ0) is 32.4. The van der Waals surface area contributed by atoms with E-state index in [1.807, 2.05) is 0 Å². The molecule has 0 saturated carbocycles. The molecule has 2 aromatic carbocycles. The summed E-state index contributed by atoms with van der Waals surface area (Å²) >= 11 is 11.8. The van der Waals surface area contributed by atoms with Crippen LogP contribution in [0.2, 0.25) is 10.0 Å². The van der Waals surface area contributed by atoms with E-state index in [4.69, 9.17) is 37.4 Å². The van der Waals surface area contributed by atoms with Crippen LogP contribution in [-0.2, 0) is 16.0 Å². The van der Waals surface area contributed by atoms with Gasteiger partial charge in [0.15, 0.2) is 11.9 Å². The first-order valence-corrected chi connectivity index (χ1v) is 13.5. The van der Waals surface area contributed by atoms with E-state index in [-0.39, 0.29) is 54.9 Å². The molecule has 16 heteroatoms.